The van der Waals surface area contributed by atoms with E-state index in [0.29, 0.717) is 16.8 Å². The zero-order valence-corrected chi connectivity index (χ0v) is 14.7. The molecule has 7 nitrogen and oxygen atoms in total. The molecule has 2 heterocycles. The summed E-state index contributed by atoms with van der Waals surface area (Å²) in [7, 11) is -0.857. The van der Waals surface area contributed by atoms with Gasteiger partial charge in [-0.2, -0.15) is 0 Å². The molecule has 3 N–H and O–H groups in total. The van der Waals surface area contributed by atoms with Gasteiger partial charge in [0.15, 0.2) is 0 Å². The van der Waals surface area contributed by atoms with Crippen molar-refractivity contribution in [2.45, 2.75) is 64.7 Å². The van der Waals surface area contributed by atoms with E-state index in [1.807, 2.05) is 27.7 Å². The van der Waals surface area contributed by atoms with Crippen LogP contribution in [0.4, 0.5) is 0 Å². The van der Waals surface area contributed by atoms with Gasteiger partial charge in [-0.15, -0.1) is 0 Å². The lowest BCUT2D eigenvalue weighted by molar-refractivity contribution is -0.137. The Kier molecular flexibility index (Phi) is 4.95. The maximum absolute atomic E-state index is 11.4. The van der Waals surface area contributed by atoms with Crippen molar-refractivity contribution in [3.63, 3.8) is 0 Å². The number of pyridine rings is 1. The molecule has 1 saturated heterocycles. The average molecular weight is 337 g/mol. The number of aliphatic hydroxyl groups is 1. The van der Waals surface area contributed by atoms with Gasteiger partial charge in [-0.3, -0.25) is 9.78 Å². The Morgan fingerprint density at radius 2 is 1.83 bits per heavy atom. The fourth-order valence-electron chi connectivity index (χ4n) is 2.77. The SMILES string of the molecule is Cc1ncc(CO)c(C(CC(=O)O)B2OC(C)(C)C(C)(C)O2)c1O. The number of carboxylic acids is 1. The van der Waals surface area contributed by atoms with Gasteiger partial charge in [-0.25, -0.2) is 0 Å². The number of nitrogens with zero attached hydrogens (tertiary/aromatic N) is 1. The molecule has 8 heteroatoms. The van der Waals surface area contributed by atoms with E-state index in [1.165, 1.54) is 6.20 Å². The van der Waals surface area contributed by atoms with E-state index in [2.05, 4.69) is 4.98 Å². The van der Waals surface area contributed by atoms with E-state index >= 15 is 0 Å². The molecule has 24 heavy (non-hydrogen) atoms. The molecule has 0 aliphatic carbocycles. The summed E-state index contributed by atoms with van der Waals surface area (Å²) in [6, 6.07) is 0. The number of rotatable bonds is 5. The molecule has 1 fully saturated rings. The Balaban J connectivity index is 2.52. The van der Waals surface area contributed by atoms with Crippen LogP contribution in [0, 0.1) is 6.92 Å². The molecule has 1 atom stereocenters. The van der Waals surface area contributed by atoms with Crippen LogP contribution >= 0.6 is 0 Å². The molecule has 1 aliphatic heterocycles. The second-order valence-corrected chi connectivity index (χ2v) is 7.12. The monoisotopic (exact) mass is 337 g/mol. The Labute approximate surface area is 141 Å². The summed E-state index contributed by atoms with van der Waals surface area (Å²) in [6.45, 7) is 8.73. The highest BCUT2D eigenvalue weighted by atomic mass is 16.7. The minimum atomic E-state index is -1.05. The third-order valence-electron chi connectivity index (χ3n) is 4.89. The van der Waals surface area contributed by atoms with Crippen LogP contribution in [0.5, 0.6) is 5.75 Å². The second-order valence-electron chi connectivity index (χ2n) is 7.12. The summed E-state index contributed by atoms with van der Waals surface area (Å²) >= 11 is 0. The first-order valence-electron chi connectivity index (χ1n) is 7.86. The first-order valence-corrected chi connectivity index (χ1v) is 7.86. The smallest absolute Gasteiger partial charge is 0.466 e. The predicted molar refractivity (Wildman–Crippen MR) is 87.6 cm³/mol. The van der Waals surface area contributed by atoms with E-state index in [4.69, 9.17) is 9.31 Å². The Bertz CT molecular complexity index is 630. The van der Waals surface area contributed by atoms with Crippen molar-refractivity contribution in [2.24, 2.45) is 0 Å². The van der Waals surface area contributed by atoms with Crippen molar-refractivity contribution in [1.29, 1.82) is 0 Å². The molecule has 0 aromatic carbocycles. The largest absolute Gasteiger partial charge is 0.506 e. The summed E-state index contributed by atoms with van der Waals surface area (Å²) in [5.74, 6) is -1.96. The number of carbonyl (C=O) groups is 1. The quantitative estimate of drug-likeness (QED) is 0.703. The summed E-state index contributed by atoms with van der Waals surface area (Å²) in [5, 5.41) is 29.3. The molecule has 0 radical (unpaired) electrons. The molecule has 1 aromatic heterocycles. The number of hydrogen-bond donors (Lipinski definition) is 3. The van der Waals surface area contributed by atoms with Gasteiger partial charge in [0, 0.05) is 23.1 Å². The summed E-state index contributed by atoms with van der Waals surface area (Å²) < 4.78 is 12.0. The molecule has 0 saturated carbocycles. The standard InChI is InChI=1S/C16H24BNO6/c1-9-14(22)13(10(8-19)7-18-9)11(6-12(20)21)17-23-15(2,3)16(4,5)24-17/h7,11,19,22H,6,8H2,1-5H3,(H,20,21). The first-order chi connectivity index (χ1) is 11.0. The van der Waals surface area contributed by atoms with Gasteiger partial charge >= 0.3 is 13.1 Å². The van der Waals surface area contributed by atoms with Crippen molar-refractivity contribution in [2.75, 3.05) is 0 Å². The number of aromatic nitrogens is 1. The molecule has 0 spiro atoms. The van der Waals surface area contributed by atoms with Crippen molar-refractivity contribution in [3.05, 3.63) is 23.0 Å². The van der Waals surface area contributed by atoms with Crippen molar-refractivity contribution in [3.8, 4) is 5.75 Å². The van der Waals surface area contributed by atoms with Crippen LogP contribution < -0.4 is 0 Å². The summed E-state index contributed by atoms with van der Waals surface area (Å²) in [5.41, 5.74) is -0.240. The van der Waals surface area contributed by atoms with Crippen molar-refractivity contribution in [1.82, 2.24) is 4.98 Å². The van der Waals surface area contributed by atoms with Crippen molar-refractivity contribution < 1.29 is 29.4 Å². The lowest BCUT2D eigenvalue weighted by Gasteiger charge is -2.32. The van der Waals surface area contributed by atoms with Crippen LogP contribution in [0.3, 0.4) is 0 Å². The third-order valence-corrected chi connectivity index (χ3v) is 4.89. The van der Waals surface area contributed by atoms with Crippen LogP contribution in [0.25, 0.3) is 0 Å². The highest BCUT2D eigenvalue weighted by molar-refractivity contribution is 6.48. The minimum absolute atomic E-state index is 0.137. The number of carboxylic acid groups (broad SMARTS) is 1. The molecule has 1 unspecified atom stereocenters. The van der Waals surface area contributed by atoms with Gasteiger partial charge < -0.3 is 24.6 Å². The van der Waals surface area contributed by atoms with E-state index in [1.54, 1.807) is 6.92 Å². The summed E-state index contributed by atoms with van der Waals surface area (Å²) in [4.78, 5) is 15.4. The average Bonchev–Trinajstić information content (AvgIpc) is 2.67. The lowest BCUT2D eigenvalue weighted by atomic mass is 9.65. The van der Waals surface area contributed by atoms with E-state index in [0.717, 1.165) is 0 Å². The molecule has 132 valence electrons. The zero-order chi connectivity index (χ0) is 18.3. The number of hydrogen-bond acceptors (Lipinski definition) is 6. The van der Waals surface area contributed by atoms with Crippen LogP contribution in [0.1, 0.15) is 56.8 Å². The van der Waals surface area contributed by atoms with Gasteiger partial charge in [0.05, 0.1) is 29.9 Å². The molecule has 0 amide bonds. The Morgan fingerprint density at radius 1 is 1.29 bits per heavy atom. The van der Waals surface area contributed by atoms with Gasteiger partial charge in [0.25, 0.3) is 0 Å². The van der Waals surface area contributed by atoms with Crippen molar-refractivity contribution >= 4 is 13.1 Å². The number of aromatic hydroxyl groups is 1. The topological polar surface area (TPSA) is 109 Å². The van der Waals surface area contributed by atoms with Gasteiger partial charge in [-0.1, -0.05) is 0 Å². The van der Waals surface area contributed by atoms with E-state index in [9.17, 15) is 20.1 Å². The molecule has 0 bridgehead atoms. The molecular formula is C16H24BNO6. The van der Waals surface area contributed by atoms with Crippen LogP contribution in [-0.4, -0.2) is 44.6 Å². The maximum atomic E-state index is 11.4. The normalized spacial score (nSPS) is 20.2. The highest BCUT2D eigenvalue weighted by Crippen LogP contribution is 2.44. The fraction of sp³-hybridized carbons (Fsp3) is 0.625. The van der Waals surface area contributed by atoms with Crippen LogP contribution in [-0.2, 0) is 20.7 Å². The molecule has 1 aliphatic rings. The Morgan fingerprint density at radius 3 is 2.29 bits per heavy atom. The minimum Gasteiger partial charge on any atom is -0.506 e. The summed E-state index contributed by atoms with van der Waals surface area (Å²) in [6.07, 6.45) is 1.13. The van der Waals surface area contributed by atoms with Crippen LogP contribution in [0.2, 0.25) is 0 Å². The van der Waals surface area contributed by atoms with Gasteiger partial charge in [-0.05, 0) is 34.6 Å². The third kappa shape index (κ3) is 3.26. The number of aryl methyl sites for hydroxylation is 1. The fourth-order valence-corrected chi connectivity index (χ4v) is 2.77. The highest BCUT2D eigenvalue weighted by Gasteiger charge is 2.55. The number of aliphatic hydroxyl groups excluding tert-OH is 1. The molecule has 2 rings (SSSR count). The maximum Gasteiger partial charge on any atom is 0.466 e. The van der Waals surface area contributed by atoms with Crippen LogP contribution in [0.15, 0.2) is 6.20 Å². The van der Waals surface area contributed by atoms with E-state index < -0.39 is 30.1 Å². The molecular weight excluding hydrogens is 313 g/mol. The Hall–Kier alpha value is -1.64. The lowest BCUT2D eigenvalue weighted by Crippen LogP contribution is -2.41. The first kappa shape index (κ1) is 18.7. The van der Waals surface area contributed by atoms with E-state index in [-0.39, 0.29) is 18.8 Å². The van der Waals surface area contributed by atoms with Gasteiger partial charge in [0.2, 0.25) is 0 Å². The van der Waals surface area contributed by atoms with Gasteiger partial charge in [0.1, 0.15) is 5.75 Å². The number of aliphatic carboxylic acids is 1. The zero-order valence-electron chi connectivity index (χ0n) is 14.7. The predicted octanol–water partition coefficient (Wildman–Crippen LogP) is 1.78. The molecule has 1 aromatic rings. The second kappa shape index (κ2) is 6.35.